The Bertz CT molecular complexity index is 712. The van der Waals surface area contributed by atoms with Crippen LogP contribution in [0.25, 0.3) is 0 Å². The smallest absolute Gasteiger partial charge is 0.313 e. The summed E-state index contributed by atoms with van der Waals surface area (Å²) in [6.07, 6.45) is 0.638. The van der Waals surface area contributed by atoms with Crippen molar-refractivity contribution in [2.24, 2.45) is 0 Å². The van der Waals surface area contributed by atoms with Crippen LogP contribution in [0.1, 0.15) is 30.9 Å². The molecule has 24 heavy (non-hydrogen) atoms. The number of carbonyl (C=O) groups excluding carboxylic acids is 2. The molecule has 2 aromatic carbocycles. The second kappa shape index (κ2) is 8.50. The fourth-order valence-electron chi connectivity index (χ4n) is 2.35. The second-order valence-electron chi connectivity index (χ2n) is 5.83. The highest BCUT2D eigenvalue weighted by molar-refractivity contribution is 6.39. The summed E-state index contributed by atoms with van der Waals surface area (Å²) in [5.74, 6) is -1.03. The number of rotatable bonds is 5. The molecule has 0 unspecified atom stereocenters. The van der Waals surface area contributed by atoms with Crippen LogP contribution in [-0.4, -0.2) is 18.4 Å². The predicted molar refractivity (Wildman–Crippen MR) is 97.3 cm³/mol. The van der Waals surface area contributed by atoms with E-state index in [0.717, 1.165) is 11.1 Å². The zero-order valence-corrected chi connectivity index (χ0v) is 14.6. The first-order chi connectivity index (χ1) is 11.5. The number of anilines is 1. The Kier molecular flexibility index (Phi) is 6.38. The maximum absolute atomic E-state index is 12.0. The summed E-state index contributed by atoms with van der Waals surface area (Å²) < 4.78 is 0. The van der Waals surface area contributed by atoms with Gasteiger partial charge in [0.05, 0.1) is 0 Å². The molecule has 126 valence electrons. The number of carbonyl (C=O) groups is 2. The Hall–Kier alpha value is -2.33. The molecule has 0 radical (unpaired) electrons. The maximum atomic E-state index is 12.0. The van der Waals surface area contributed by atoms with Crippen LogP contribution in [-0.2, 0) is 16.0 Å². The average Bonchev–Trinajstić information content (AvgIpc) is 2.56. The Morgan fingerprint density at radius 3 is 2.33 bits per heavy atom. The molecule has 2 N–H and O–H groups in total. The largest absolute Gasteiger partial charge is 0.347 e. The van der Waals surface area contributed by atoms with E-state index in [1.807, 2.05) is 44.2 Å². The van der Waals surface area contributed by atoms with Crippen molar-refractivity contribution in [1.29, 1.82) is 0 Å². The molecular formula is C19H21ClN2O2. The van der Waals surface area contributed by atoms with Gasteiger partial charge in [0.25, 0.3) is 0 Å². The molecule has 0 atom stereocenters. The van der Waals surface area contributed by atoms with Crippen molar-refractivity contribution in [2.75, 3.05) is 11.9 Å². The zero-order valence-electron chi connectivity index (χ0n) is 13.8. The second-order valence-corrected chi connectivity index (χ2v) is 6.26. The lowest BCUT2D eigenvalue weighted by atomic mass is 10.0. The fraction of sp³-hybridized carbons (Fsp3) is 0.263. The summed E-state index contributed by atoms with van der Waals surface area (Å²) in [5, 5.41) is 5.98. The molecule has 4 nitrogen and oxygen atoms in total. The van der Waals surface area contributed by atoms with E-state index in [1.165, 1.54) is 0 Å². The van der Waals surface area contributed by atoms with Gasteiger partial charge >= 0.3 is 11.8 Å². The van der Waals surface area contributed by atoms with Crippen LogP contribution in [0, 0.1) is 0 Å². The van der Waals surface area contributed by atoms with E-state index in [9.17, 15) is 9.59 Å². The minimum absolute atomic E-state index is 0.259. The third-order valence-electron chi connectivity index (χ3n) is 3.65. The van der Waals surface area contributed by atoms with Gasteiger partial charge in [0.15, 0.2) is 0 Å². The van der Waals surface area contributed by atoms with Gasteiger partial charge in [-0.05, 0) is 41.7 Å². The molecule has 2 rings (SSSR count). The number of hydrogen-bond donors (Lipinski definition) is 2. The number of halogens is 1. The summed E-state index contributed by atoms with van der Waals surface area (Å²) >= 11 is 5.83. The number of amides is 2. The summed E-state index contributed by atoms with van der Waals surface area (Å²) in [6.45, 7) is 4.47. The van der Waals surface area contributed by atoms with Gasteiger partial charge in [-0.25, -0.2) is 0 Å². The predicted octanol–water partition coefficient (Wildman–Crippen LogP) is 3.76. The summed E-state index contributed by atoms with van der Waals surface area (Å²) in [4.78, 5) is 24.0. The van der Waals surface area contributed by atoms with Gasteiger partial charge in [-0.2, -0.15) is 0 Å². The number of para-hydroxylation sites is 1. The minimum Gasteiger partial charge on any atom is -0.347 e. The normalized spacial score (nSPS) is 10.5. The maximum Gasteiger partial charge on any atom is 0.313 e. The van der Waals surface area contributed by atoms with E-state index in [1.54, 1.807) is 18.2 Å². The third kappa shape index (κ3) is 5.10. The van der Waals surface area contributed by atoms with Gasteiger partial charge < -0.3 is 10.6 Å². The van der Waals surface area contributed by atoms with Gasteiger partial charge in [0.2, 0.25) is 0 Å². The Morgan fingerprint density at radius 2 is 1.67 bits per heavy atom. The first kappa shape index (κ1) is 18.0. The van der Waals surface area contributed by atoms with Gasteiger partial charge in [-0.3, -0.25) is 9.59 Å². The lowest BCUT2D eigenvalue weighted by Crippen LogP contribution is -2.36. The first-order valence-corrected chi connectivity index (χ1v) is 8.27. The van der Waals surface area contributed by atoms with Gasteiger partial charge in [-0.15, -0.1) is 0 Å². The van der Waals surface area contributed by atoms with Crippen LogP contribution >= 0.6 is 11.6 Å². The molecule has 0 aliphatic heterocycles. The molecule has 2 aromatic rings. The van der Waals surface area contributed by atoms with Gasteiger partial charge in [0.1, 0.15) is 0 Å². The average molecular weight is 345 g/mol. The monoisotopic (exact) mass is 344 g/mol. The molecule has 0 saturated heterocycles. The van der Waals surface area contributed by atoms with Crippen LogP contribution in [0.5, 0.6) is 0 Å². The number of benzene rings is 2. The SMILES string of the molecule is CC(C)c1ccccc1NC(=O)C(=O)NCCc1ccc(Cl)cc1. The summed E-state index contributed by atoms with van der Waals surface area (Å²) in [5.41, 5.74) is 2.72. The van der Waals surface area contributed by atoms with E-state index in [-0.39, 0.29) is 5.92 Å². The van der Waals surface area contributed by atoms with Crippen LogP contribution in [0.2, 0.25) is 5.02 Å². The van der Waals surface area contributed by atoms with E-state index in [2.05, 4.69) is 10.6 Å². The van der Waals surface area contributed by atoms with Crippen LogP contribution < -0.4 is 10.6 Å². The highest BCUT2D eigenvalue weighted by Crippen LogP contribution is 2.23. The van der Waals surface area contributed by atoms with Crippen molar-refractivity contribution in [3.8, 4) is 0 Å². The molecule has 0 heterocycles. The lowest BCUT2D eigenvalue weighted by Gasteiger charge is -2.13. The van der Waals surface area contributed by atoms with Crippen LogP contribution in [0.4, 0.5) is 5.69 Å². The Morgan fingerprint density at radius 1 is 1.00 bits per heavy atom. The van der Waals surface area contributed by atoms with Crippen molar-refractivity contribution in [3.63, 3.8) is 0 Å². The van der Waals surface area contributed by atoms with Crippen molar-refractivity contribution in [2.45, 2.75) is 26.2 Å². The lowest BCUT2D eigenvalue weighted by molar-refractivity contribution is -0.136. The molecule has 0 fully saturated rings. The zero-order chi connectivity index (χ0) is 17.5. The number of hydrogen-bond acceptors (Lipinski definition) is 2. The van der Waals surface area contributed by atoms with E-state index >= 15 is 0 Å². The van der Waals surface area contributed by atoms with E-state index in [4.69, 9.17) is 11.6 Å². The van der Waals surface area contributed by atoms with E-state index in [0.29, 0.717) is 23.7 Å². The van der Waals surface area contributed by atoms with Crippen LogP contribution in [0.15, 0.2) is 48.5 Å². The molecule has 5 heteroatoms. The third-order valence-corrected chi connectivity index (χ3v) is 3.90. The van der Waals surface area contributed by atoms with Crippen molar-refractivity contribution in [3.05, 3.63) is 64.7 Å². The molecule has 2 amide bonds. The molecule has 0 aliphatic rings. The quantitative estimate of drug-likeness (QED) is 0.811. The van der Waals surface area contributed by atoms with Crippen molar-refractivity contribution >= 4 is 29.1 Å². The van der Waals surface area contributed by atoms with Crippen molar-refractivity contribution in [1.82, 2.24) is 5.32 Å². The molecule has 0 bridgehead atoms. The molecule has 0 aromatic heterocycles. The number of nitrogens with one attached hydrogen (secondary N) is 2. The first-order valence-electron chi connectivity index (χ1n) is 7.90. The molecular weight excluding hydrogens is 324 g/mol. The van der Waals surface area contributed by atoms with E-state index < -0.39 is 11.8 Å². The topological polar surface area (TPSA) is 58.2 Å². The molecule has 0 aliphatic carbocycles. The summed E-state index contributed by atoms with van der Waals surface area (Å²) in [6, 6.07) is 14.9. The minimum atomic E-state index is -0.654. The molecule has 0 saturated carbocycles. The Balaban J connectivity index is 1.86. The van der Waals surface area contributed by atoms with Crippen molar-refractivity contribution < 1.29 is 9.59 Å². The standard InChI is InChI=1S/C19H21ClN2O2/c1-13(2)16-5-3-4-6-17(16)22-19(24)18(23)21-12-11-14-7-9-15(20)10-8-14/h3-10,13H,11-12H2,1-2H3,(H,21,23)(H,22,24). The summed E-state index contributed by atoms with van der Waals surface area (Å²) in [7, 11) is 0. The van der Waals surface area contributed by atoms with Gasteiger partial charge in [0, 0.05) is 17.3 Å². The molecule has 0 spiro atoms. The van der Waals surface area contributed by atoms with Gasteiger partial charge in [-0.1, -0.05) is 55.8 Å². The highest BCUT2D eigenvalue weighted by atomic mass is 35.5. The fourth-order valence-corrected chi connectivity index (χ4v) is 2.47. The highest BCUT2D eigenvalue weighted by Gasteiger charge is 2.15. The van der Waals surface area contributed by atoms with Crippen LogP contribution in [0.3, 0.4) is 0 Å². The Labute approximate surface area is 147 Å².